The van der Waals surface area contributed by atoms with Gasteiger partial charge in [-0.1, -0.05) is 5.16 Å². The van der Waals surface area contributed by atoms with Crippen LogP contribution in [0.5, 0.6) is 0 Å². The van der Waals surface area contributed by atoms with Gasteiger partial charge in [0.15, 0.2) is 6.33 Å². The molecule has 0 radical (unpaired) electrons. The van der Waals surface area contributed by atoms with Gasteiger partial charge in [0.05, 0.1) is 12.1 Å². The molecule has 0 amide bonds. The van der Waals surface area contributed by atoms with Crippen molar-refractivity contribution >= 4 is 0 Å². The molecule has 1 aromatic rings. The summed E-state index contributed by atoms with van der Waals surface area (Å²) in [5.74, 6) is 0.557. The third kappa shape index (κ3) is 1.24. The third-order valence-electron chi connectivity index (χ3n) is 1.78. The largest absolute Gasteiger partial charge is 0.392 e. The third-order valence-corrected chi connectivity index (χ3v) is 1.78. The van der Waals surface area contributed by atoms with E-state index >= 15 is 0 Å². The Bertz CT molecular complexity index is 224. The lowest BCUT2D eigenvalue weighted by molar-refractivity contribution is 0.191. The van der Waals surface area contributed by atoms with Gasteiger partial charge in [0.1, 0.15) is 0 Å². The maximum absolute atomic E-state index is 9.15. The van der Waals surface area contributed by atoms with Crippen LogP contribution < -0.4 is 5.32 Å². The number of rotatable bonds is 1. The van der Waals surface area contributed by atoms with Crippen molar-refractivity contribution in [3.8, 4) is 0 Å². The maximum atomic E-state index is 9.15. The zero-order valence-corrected chi connectivity index (χ0v) is 5.90. The number of nitrogens with zero attached hydrogens (tertiary/aromatic N) is 2. The minimum atomic E-state index is -0.285. The Labute approximate surface area is 63.4 Å². The molecule has 5 heteroatoms. The van der Waals surface area contributed by atoms with E-state index in [0.717, 1.165) is 0 Å². The lowest BCUT2D eigenvalue weighted by atomic mass is 10.2. The van der Waals surface area contributed by atoms with Crippen LogP contribution in [0.25, 0.3) is 0 Å². The molecule has 2 heterocycles. The first-order valence-electron chi connectivity index (χ1n) is 3.54. The molecule has 0 saturated carbocycles. The Balaban J connectivity index is 2.08. The van der Waals surface area contributed by atoms with Crippen molar-refractivity contribution in [3.05, 3.63) is 12.2 Å². The van der Waals surface area contributed by atoms with Crippen molar-refractivity contribution in [2.75, 3.05) is 6.54 Å². The van der Waals surface area contributed by atoms with Gasteiger partial charge in [-0.15, -0.1) is 0 Å². The minimum Gasteiger partial charge on any atom is -0.392 e. The Hall–Kier alpha value is -0.940. The fourth-order valence-electron chi connectivity index (χ4n) is 1.24. The predicted molar refractivity (Wildman–Crippen MR) is 35.7 cm³/mol. The molecule has 0 unspecified atom stereocenters. The second-order valence-electron chi connectivity index (χ2n) is 2.63. The molecule has 0 aromatic carbocycles. The average molecular weight is 155 g/mol. The van der Waals surface area contributed by atoms with Gasteiger partial charge in [-0.3, -0.25) is 0 Å². The number of aromatic nitrogens is 2. The lowest BCUT2D eigenvalue weighted by Gasteiger charge is -2.00. The van der Waals surface area contributed by atoms with E-state index in [1.807, 2.05) is 0 Å². The highest BCUT2D eigenvalue weighted by atomic mass is 16.5. The zero-order chi connectivity index (χ0) is 7.68. The number of aliphatic hydroxyl groups excluding tert-OH is 1. The molecule has 11 heavy (non-hydrogen) atoms. The van der Waals surface area contributed by atoms with Crippen LogP contribution in [0.4, 0.5) is 0 Å². The van der Waals surface area contributed by atoms with Gasteiger partial charge in [-0.2, -0.15) is 4.98 Å². The van der Waals surface area contributed by atoms with Gasteiger partial charge in [-0.25, -0.2) is 0 Å². The second kappa shape index (κ2) is 2.60. The highest BCUT2D eigenvalue weighted by Gasteiger charge is 2.26. The topological polar surface area (TPSA) is 71.2 Å². The predicted octanol–water partition coefficient (Wildman–Crippen LogP) is -0.535. The summed E-state index contributed by atoms with van der Waals surface area (Å²) in [7, 11) is 0. The van der Waals surface area contributed by atoms with Crippen LogP contribution in [0.15, 0.2) is 10.9 Å². The highest BCUT2D eigenvalue weighted by Crippen LogP contribution is 2.20. The molecule has 1 fully saturated rings. The van der Waals surface area contributed by atoms with E-state index in [9.17, 15) is 0 Å². The van der Waals surface area contributed by atoms with E-state index in [1.54, 1.807) is 0 Å². The second-order valence-corrected chi connectivity index (χ2v) is 2.63. The molecule has 5 nitrogen and oxygen atoms in total. The summed E-state index contributed by atoms with van der Waals surface area (Å²) in [4.78, 5) is 3.88. The van der Waals surface area contributed by atoms with Crippen molar-refractivity contribution in [2.45, 2.75) is 18.6 Å². The molecule has 0 aliphatic carbocycles. The summed E-state index contributed by atoms with van der Waals surface area (Å²) in [6.07, 6.45) is 1.73. The molecule has 1 aromatic heterocycles. The molecule has 1 aliphatic rings. The normalized spacial score (nSPS) is 31.0. The minimum absolute atomic E-state index is 0.0347. The number of aliphatic hydroxyl groups is 1. The smallest absolute Gasteiger partial charge is 0.243 e. The maximum Gasteiger partial charge on any atom is 0.243 e. The van der Waals surface area contributed by atoms with E-state index in [2.05, 4.69) is 15.5 Å². The van der Waals surface area contributed by atoms with E-state index in [4.69, 9.17) is 9.63 Å². The quantitative estimate of drug-likeness (QED) is 0.570. The lowest BCUT2D eigenvalue weighted by Crippen LogP contribution is -2.14. The average Bonchev–Trinajstić information content (AvgIpc) is 2.55. The van der Waals surface area contributed by atoms with Gasteiger partial charge in [-0.05, 0) is 6.42 Å². The summed E-state index contributed by atoms with van der Waals surface area (Å²) in [6.45, 7) is 0.604. The molecular formula is C6H9N3O2. The van der Waals surface area contributed by atoms with Crippen LogP contribution in [0.1, 0.15) is 18.4 Å². The molecule has 1 aliphatic heterocycles. The van der Waals surface area contributed by atoms with E-state index < -0.39 is 0 Å². The Morgan fingerprint density at radius 2 is 2.64 bits per heavy atom. The zero-order valence-electron chi connectivity index (χ0n) is 5.90. The standard InChI is InChI=1S/C6H9N3O2/c10-4-1-5(7-2-4)6-8-3-9-11-6/h3-5,7,10H,1-2H2/t4-,5-/m1/s1. The van der Waals surface area contributed by atoms with Crippen LogP contribution in [-0.4, -0.2) is 27.9 Å². The van der Waals surface area contributed by atoms with Gasteiger partial charge in [0.25, 0.3) is 0 Å². The van der Waals surface area contributed by atoms with E-state index in [-0.39, 0.29) is 12.1 Å². The highest BCUT2D eigenvalue weighted by molar-refractivity contribution is 4.93. The molecule has 0 spiro atoms. The van der Waals surface area contributed by atoms with Crippen LogP contribution in [0, 0.1) is 0 Å². The molecule has 60 valence electrons. The van der Waals surface area contributed by atoms with Crippen molar-refractivity contribution in [1.82, 2.24) is 15.5 Å². The van der Waals surface area contributed by atoms with Crippen molar-refractivity contribution in [1.29, 1.82) is 0 Å². The fourth-order valence-corrected chi connectivity index (χ4v) is 1.24. The molecule has 1 saturated heterocycles. The van der Waals surface area contributed by atoms with Gasteiger partial charge < -0.3 is 14.9 Å². The summed E-state index contributed by atoms with van der Waals surface area (Å²) in [5.41, 5.74) is 0. The molecule has 2 rings (SSSR count). The van der Waals surface area contributed by atoms with Crippen LogP contribution in [0.2, 0.25) is 0 Å². The first-order valence-corrected chi connectivity index (χ1v) is 3.54. The molecule has 2 N–H and O–H groups in total. The molecule has 0 bridgehead atoms. The van der Waals surface area contributed by atoms with Gasteiger partial charge >= 0.3 is 0 Å². The summed E-state index contributed by atoms with van der Waals surface area (Å²) < 4.78 is 4.83. The number of nitrogens with one attached hydrogen (secondary N) is 1. The first kappa shape index (κ1) is 6.75. The summed E-state index contributed by atoms with van der Waals surface area (Å²) in [5, 5.41) is 15.7. The monoisotopic (exact) mass is 155 g/mol. The van der Waals surface area contributed by atoms with Crippen molar-refractivity contribution in [3.63, 3.8) is 0 Å². The number of hydrogen-bond donors (Lipinski definition) is 2. The fraction of sp³-hybridized carbons (Fsp3) is 0.667. The summed E-state index contributed by atoms with van der Waals surface area (Å²) in [6, 6.07) is 0.0347. The Kier molecular flexibility index (Phi) is 1.59. The van der Waals surface area contributed by atoms with Crippen molar-refractivity contribution in [2.24, 2.45) is 0 Å². The SMILES string of the molecule is O[C@H]1CN[C@@H](c2ncno2)C1. The van der Waals surface area contributed by atoms with Crippen LogP contribution in [0.3, 0.4) is 0 Å². The van der Waals surface area contributed by atoms with Gasteiger partial charge in [0.2, 0.25) is 5.89 Å². The van der Waals surface area contributed by atoms with E-state index in [0.29, 0.717) is 18.9 Å². The molecular weight excluding hydrogens is 146 g/mol. The number of hydrogen-bond acceptors (Lipinski definition) is 5. The summed E-state index contributed by atoms with van der Waals surface area (Å²) >= 11 is 0. The molecule has 2 atom stereocenters. The van der Waals surface area contributed by atoms with Crippen molar-refractivity contribution < 1.29 is 9.63 Å². The van der Waals surface area contributed by atoms with E-state index in [1.165, 1.54) is 6.33 Å². The Morgan fingerprint density at radius 3 is 3.18 bits per heavy atom. The van der Waals surface area contributed by atoms with Crippen LogP contribution in [-0.2, 0) is 0 Å². The Morgan fingerprint density at radius 1 is 1.73 bits per heavy atom. The van der Waals surface area contributed by atoms with Gasteiger partial charge in [0, 0.05) is 6.54 Å². The number of β-amino-alcohol motifs (C(OH)–C–C–N with tert-alkyl or cyclic N) is 1. The van der Waals surface area contributed by atoms with Crippen LogP contribution >= 0.6 is 0 Å². The first-order chi connectivity index (χ1) is 5.36.